The Balaban J connectivity index is 1.26. The highest BCUT2D eigenvalue weighted by Crippen LogP contribution is 2.40. The maximum Gasteiger partial charge on any atom is 0.247 e. The molecule has 12 heteroatoms. The molecule has 3 amide bonds. The van der Waals surface area contributed by atoms with Gasteiger partial charge in [-0.3, -0.25) is 14.4 Å². The fourth-order valence-electron chi connectivity index (χ4n) is 5.23. The second-order valence-electron chi connectivity index (χ2n) is 8.96. The molecule has 1 aromatic heterocycles. The number of nitrogens with one attached hydrogen (secondary N) is 2. The largest absolute Gasteiger partial charge is 0.326 e. The zero-order chi connectivity index (χ0) is 25.0. The minimum Gasteiger partial charge on any atom is -0.326 e. The number of amides is 3. The van der Waals surface area contributed by atoms with Crippen molar-refractivity contribution in [2.45, 2.75) is 37.8 Å². The zero-order valence-corrected chi connectivity index (χ0v) is 19.5. The summed E-state index contributed by atoms with van der Waals surface area (Å²) in [6.45, 7) is 0. The van der Waals surface area contributed by atoms with Gasteiger partial charge < -0.3 is 15.5 Å². The van der Waals surface area contributed by atoms with Crippen LogP contribution in [0.2, 0.25) is 5.02 Å². The lowest BCUT2D eigenvalue weighted by Gasteiger charge is -2.33. The molecule has 0 radical (unpaired) electrons. The molecule has 2 aromatic carbocycles. The van der Waals surface area contributed by atoms with Crippen molar-refractivity contribution in [2.75, 3.05) is 10.6 Å². The first-order valence-corrected chi connectivity index (χ1v) is 11.7. The Morgan fingerprint density at radius 3 is 2.86 bits per heavy atom. The summed E-state index contributed by atoms with van der Waals surface area (Å²) >= 11 is 6.07. The standard InChI is InChI=1S/C24H19ClFN7O3/c25-16-3-6-18(32-11-27-30-31-32)22(23(16)26)13-8-15-2-5-19(33(15)21(35)10-13)24(36)28-14-1-4-17-12(7-14)9-20(34)29-17/h1,3-4,6-7,10-11,15,19H,2,5,8-9H2,(H,28,36)(H,29,34)/t15-,19+/m1/s1. The van der Waals surface area contributed by atoms with Crippen molar-refractivity contribution in [3.05, 3.63) is 64.7 Å². The molecule has 0 aliphatic carbocycles. The maximum absolute atomic E-state index is 15.2. The van der Waals surface area contributed by atoms with E-state index in [0.29, 0.717) is 36.2 Å². The highest BCUT2D eigenvalue weighted by molar-refractivity contribution is 6.31. The Kier molecular flexibility index (Phi) is 5.29. The number of hydrogen-bond acceptors (Lipinski definition) is 6. The molecule has 0 saturated carbocycles. The maximum atomic E-state index is 15.2. The lowest BCUT2D eigenvalue weighted by atomic mass is 9.92. The molecule has 10 nitrogen and oxygen atoms in total. The smallest absolute Gasteiger partial charge is 0.247 e. The summed E-state index contributed by atoms with van der Waals surface area (Å²) in [5.41, 5.74) is 3.11. The summed E-state index contributed by atoms with van der Waals surface area (Å²) in [4.78, 5) is 39.5. The molecule has 2 N–H and O–H groups in total. The Morgan fingerprint density at radius 1 is 1.19 bits per heavy atom. The SMILES string of the molecule is O=C1Cc2cc(NC(=O)[C@@H]3CC[C@@H]4CC(c5c(-n6cnnn6)ccc(Cl)c5F)=CC(=O)N43)ccc2N1. The van der Waals surface area contributed by atoms with E-state index in [1.54, 1.807) is 29.2 Å². The second-order valence-corrected chi connectivity index (χ2v) is 9.37. The monoisotopic (exact) mass is 507 g/mol. The van der Waals surface area contributed by atoms with Crippen LogP contribution in [0.5, 0.6) is 0 Å². The van der Waals surface area contributed by atoms with Gasteiger partial charge in [-0.15, -0.1) is 5.10 Å². The van der Waals surface area contributed by atoms with Crippen molar-refractivity contribution >= 4 is 46.3 Å². The van der Waals surface area contributed by atoms with Crippen molar-refractivity contribution in [3.63, 3.8) is 0 Å². The minimum absolute atomic E-state index is 0.0764. The summed E-state index contributed by atoms with van der Waals surface area (Å²) in [6.07, 6.45) is 4.38. The molecule has 2 atom stereocenters. The predicted octanol–water partition coefficient (Wildman–Crippen LogP) is 2.73. The van der Waals surface area contributed by atoms with E-state index >= 15 is 4.39 Å². The zero-order valence-electron chi connectivity index (χ0n) is 18.7. The van der Waals surface area contributed by atoms with E-state index in [0.717, 1.165) is 11.3 Å². The van der Waals surface area contributed by atoms with Crippen molar-refractivity contribution in [1.82, 2.24) is 25.1 Å². The lowest BCUT2D eigenvalue weighted by molar-refractivity contribution is -0.135. The number of tetrazole rings is 1. The van der Waals surface area contributed by atoms with E-state index in [2.05, 4.69) is 26.2 Å². The summed E-state index contributed by atoms with van der Waals surface area (Å²) in [7, 11) is 0. The van der Waals surface area contributed by atoms with Crippen molar-refractivity contribution in [1.29, 1.82) is 0 Å². The molecular formula is C24H19ClFN7O3. The lowest BCUT2D eigenvalue weighted by Crippen LogP contribution is -2.48. The van der Waals surface area contributed by atoms with E-state index in [1.807, 2.05) is 0 Å². The highest BCUT2D eigenvalue weighted by Gasteiger charge is 2.43. The van der Waals surface area contributed by atoms with Gasteiger partial charge >= 0.3 is 0 Å². The molecule has 182 valence electrons. The molecule has 36 heavy (non-hydrogen) atoms. The molecular weight excluding hydrogens is 489 g/mol. The van der Waals surface area contributed by atoms with Crippen LogP contribution in [-0.4, -0.2) is 54.9 Å². The number of benzene rings is 2. The highest BCUT2D eigenvalue weighted by atomic mass is 35.5. The van der Waals surface area contributed by atoms with Gasteiger partial charge in [-0.05, 0) is 71.2 Å². The van der Waals surface area contributed by atoms with Crippen LogP contribution in [0.15, 0.2) is 42.7 Å². The van der Waals surface area contributed by atoms with E-state index in [-0.39, 0.29) is 40.8 Å². The van der Waals surface area contributed by atoms with Crippen LogP contribution >= 0.6 is 11.6 Å². The Morgan fingerprint density at radius 2 is 2.06 bits per heavy atom. The molecule has 1 saturated heterocycles. The van der Waals surface area contributed by atoms with E-state index in [4.69, 9.17) is 11.6 Å². The fraction of sp³-hybridized carbons (Fsp3) is 0.250. The van der Waals surface area contributed by atoms with Crippen molar-refractivity contribution in [2.24, 2.45) is 0 Å². The predicted molar refractivity (Wildman–Crippen MR) is 128 cm³/mol. The van der Waals surface area contributed by atoms with Gasteiger partial charge in [0.25, 0.3) is 0 Å². The molecule has 0 spiro atoms. The number of halogens is 2. The first kappa shape index (κ1) is 22.4. The first-order chi connectivity index (χ1) is 17.4. The molecule has 1 fully saturated rings. The third-order valence-electron chi connectivity index (χ3n) is 6.80. The number of anilines is 2. The van der Waals surface area contributed by atoms with Gasteiger partial charge in [0, 0.05) is 29.1 Å². The third kappa shape index (κ3) is 3.72. The average molecular weight is 508 g/mol. The molecule has 3 aliphatic heterocycles. The number of rotatable bonds is 4. The molecule has 4 heterocycles. The van der Waals surface area contributed by atoms with Crippen LogP contribution in [0.3, 0.4) is 0 Å². The summed E-state index contributed by atoms with van der Waals surface area (Å²) < 4.78 is 16.5. The number of aromatic nitrogens is 4. The van der Waals surface area contributed by atoms with Crippen LogP contribution in [0.4, 0.5) is 15.8 Å². The Hall–Kier alpha value is -4.12. The number of hydrogen-bond donors (Lipinski definition) is 2. The first-order valence-electron chi connectivity index (χ1n) is 11.4. The van der Waals surface area contributed by atoms with Gasteiger partial charge in [0.15, 0.2) is 5.82 Å². The molecule has 3 aliphatic rings. The third-order valence-corrected chi connectivity index (χ3v) is 7.09. The van der Waals surface area contributed by atoms with Gasteiger partial charge in [-0.2, -0.15) is 4.68 Å². The Bertz CT molecular complexity index is 1460. The topological polar surface area (TPSA) is 122 Å². The van der Waals surface area contributed by atoms with Crippen LogP contribution < -0.4 is 10.6 Å². The second kappa shape index (κ2) is 8.52. The average Bonchev–Trinajstić information content (AvgIpc) is 3.59. The van der Waals surface area contributed by atoms with E-state index in [1.165, 1.54) is 23.2 Å². The van der Waals surface area contributed by atoms with Crippen LogP contribution in [0.25, 0.3) is 11.3 Å². The van der Waals surface area contributed by atoms with Crippen molar-refractivity contribution in [3.8, 4) is 5.69 Å². The summed E-state index contributed by atoms with van der Waals surface area (Å²) in [6, 6.07) is 7.31. The van der Waals surface area contributed by atoms with Gasteiger partial charge in [0.2, 0.25) is 17.7 Å². The van der Waals surface area contributed by atoms with Crippen LogP contribution in [0.1, 0.15) is 30.4 Å². The van der Waals surface area contributed by atoms with Gasteiger partial charge in [-0.1, -0.05) is 11.6 Å². The number of fused-ring (bicyclic) bond motifs is 2. The number of carbonyl (C=O) groups excluding carboxylic acids is 3. The van der Waals surface area contributed by atoms with Gasteiger partial charge in [0.05, 0.1) is 17.1 Å². The molecule has 3 aromatic rings. The summed E-state index contributed by atoms with van der Waals surface area (Å²) in [5, 5.41) is 16.6. The van der Waals surface area contributed by atoms with E-state index < -0.39 is 11.9 Å². The fourth-order valence-corrected chi connectivity index (χ4v) is 5.38. The molecule has 0 unspecified atom stereocenters. The normalized spacial score (nSPS) is 20.6. The van der Waals surface area contributed by atoms with Crippen LogP contribution in [0, 0.1) is 5.82 Å². The molecule has 0 bridgehead atoms. The van der Waals surface area contributed by atoms with Gasteiger partial charge in [0.1, 0.15) is 12.4 Å². The van der Waals surface area contributed by atoms with Gasteiger partial charge in [-0.25, -0.2) is 4.39 Å². The quantitative estimate of drug-likeness (QED) is 0.560. The van der Waals surface area contributed by atoms with E-state index in [9.17, 15) is 14.4 Å². The van der Waals surface area contributed by atoms with Crippen LogP contribution in [-0.2, 0) is 20.8 Å². The minimum atomic E-state index is -0.658. The summed E-state index contributed by atoms with van der Waals surface area (Å²) in [5.74, 6) is -1.42. The van der Waals surface area contributed by atoms with Crippen molar-refractivity contribution < 1.29 is 18.8 Å². The molecule has 6 rings (SSSR count). The number of carbonyl (C=O) groups is 3. The number of nitrogens with zero attached hydrogens (tertiary/aromatic N) is 5. The Labute approximate surface area is 209 Å².